The summed E-state index contributed by atoms with van der Waals surface area (Å²) in [6.45, 7) is 1.75. The van der Waals surface area contributed by atoms with E-state index < -0.39 is 12.1 Å². The highest BCUT2D eigenvalue weighted by atomic mass is 79.9. The average Bonchev–Trinajstić information content (AvgIpc) is 2.62. The van der Waals surface area contributed by atoms with Crippen molar-refractivity contribution in [1.82, 2.24) is 5.32 Å². The minimum Gasteiger partial charge on any atom is -0.479 e. The first-order chi connectivity index (χ1) is 12.0. The quantitative estimate of drug-likeness (QED) is 0.685. The fourth-order valence-electron chi connectivity index (χ4n) is 2.06. The molecule has 0 heterocycles. The van der Waals surface area contributed by atoms with E-state index in [0.29, 0.717) is 12.3 Å². The van der Waals surface area contributed by atoms with Gasteiger partial charge in [0.1, 0.15) is 5.75 Å². The summed E-state index contributed by atoms with van der Waals surface area (Å²) < 4.78 is 11.4. The van der Waals surface area contributed by atoms with Crippen molar-refractivity contribution < 1.29 is 19.1 Å². The molecule has 0 aliphatic heterocycles. The van der Waals surface area contributed by atoms with Gasteiger partial charge >= 0.3 is 5.97 Å². The van der Waals surface area contributed by atoms with Crippen LogP contribution in [0.5, 0.6) is 5.75 Å². The summed E-state index contributed by atoms with van der Waals surface area (Å²) in [4.78, 5) is 23.6. The van der Waals surface area contributed by atoms with Crippen molar-refractivity contribution in [1.29, 1.82) is 0 Å². The Labute approximate surface area is 155 Å². The number of carbonyl (C=O) groups excluding carboxylic acids is 2. The molecule has 0 radical (unpaired) electrons. The normalized spacial score (nSPS) is 11.4. The Hall–Kier alpha value is -2.34. The topological polar surface area (TPSA) is 64.6 Å². The fourth-order valence-corrected chi connectivity index (χ4v) is 2.33. The van der Waals surface area contributed by atoms with Gasteiger partial charge in [-0.05, 0) is 43.2 Å². The van der Waals surface area contributed by atoms with Crippen molar-refractivity contribution in [2.75, 3.05) is 13.2 Å². The van der Waals surface area contributed by atoms with E-state index in [9.17, 15) is 9.59 Å². The average molecular weight is 406 g/mol. The number of rotatable bonds is 8. The Morgan fingerprint density at radius 3 is 2.44 bits per heavy atom. The molecule has 0 aromatic heterocycles. The molecule has 2 aromatic carbocycles. The maximum atomic E-state index is 11.9. The van der Waals surface area contributed by atoms with E-state index in [1.807, 2.05) is 42.5 Å². The number of hydrogen-bond acceptors (Lipinski definition) is 4. The van der Waals surface area contributed by atoms with E-state index in [-0.39, 0.29) is 12.5 Å². The molecule has 2 rings (SSSR count). The highest BCUT2D eigenvalue weighted by Crippen LogP contribution is 2.17. The molecule has 0 aliphatic rings. The largest absolute Gasteiger partial charge is 0.479 e. The van der Waals surface area contributed by atoms with Gasteiger partial charge < -0.3 is 14.8 Å². The van der Waals surface area contributed by atoms with Crippen LogP contribution < -0.4 is 10.1 Å². The van der Waals surface area contributed by atoms with Gasteiger partial charge in [-0.1, -0.05) is 46.3 Å². The second kappa shape index (κ2) is 9.84. The molecule has 0 unspecified atom stereocenters. The number of halogens is 1. The summed E-state index contributed by atoms with van der Waals surface area (Å²) in [7, 11) is 0. The second-order valence-electron chi connectivity index (χ2n) is 5.41. The molecule has 2 aromatic rings. The minimum absolute atomic E-state index is 0.318. The molecule has 25 heavy (non-hydrogen) atoms. The first kappa shape index (κ1) is 19.0. The van der Waals surface area contributed by atoms with Crippen LogP contribution in [0.2, 0.25) is 0 Å². The molecule has 1 amide bonds. The highest BCUT2D eigenvalue weighted by molar-refractivity contribution is 9.10. The Bertz CT molecular complexity index is 688. The van der Waals surface area contributed by atoms with E-state index >= 15 is 0 Å². The van der Waals surface area contributed by atoms with Crippen LogP contribution in [0.25, 0.3) is 0 Å². The van der Waals surface area contributed by atoms with Crippen LogP contribution in [0.3, 0.4) is 0 Å². The van der Waals surface area contributed by atoms with Crippen LogP contribution in [0.15, 0.2) is 59.1 Å². The first-order valence-corrected chi connectivity index (χ1v) is 8.73. The van der Waals surface area contributed by atoms with Gasteiger partial charge in [0.15, 0.2) is 12.7 Å². The van der Waals surface area contributed by atoms with Crippen LogP contribution in [0, 0.1) is 0 Å². The summed E-state index contributed by atoms with van der Waals surface area (Å²) in [5.74, 6) is -0.360. The molecule has 1 atom stereocenters. The monoisotopic (exact) mass is 405 g/mol. The Kier molecular flexibility index (Phi) is 7.47. The smallest absolute Gasteiger partial charge is 0.347 e. The van der Waals surface area contributed by atoms with E-state index in [1.54, 1.807) is 19.1 Å². The molecular weight excluding hydrogens is 386 g/mol. The lowest BCUT2D eigenvalue weighted by molar-refractivity contribution is -0.154. The second-order valence-corrected chi connectivity index (χ2v) is 6.32. The fraction of sp³-hybridized carbons (Fsp3) is 0.263. The van der Waals surface area contributed by atoms with Gasteiger partial charge in [-0.2, -0.15) is 0 Å². The number of carbonyl (C=O) groups is 2. The molecule has 132 valence electrons. The van der Waals surface area contributed by atoms with Crippen molar-refractivity contribution in [3.63, 3.8) is 0 Å². The van der Waals surface area contributed by atoms with Gasteiger partial charge in [0.2, 0.25) is 0 Å². The van der Waals surface area contributed by atoms with Crippen molar-refractivity contribution in [3.8, 4) is 5.75 Å². The van der Waals surface area contributed by atoms with Gasteiger partial charge in [-0.15, -0.1) is 0 Å². The molecule has 0 bridgehead atoms. The lowest BCUT2D eigenvalue weighted by atomic mass is 10.1. The first-order valence-electron chi connectivity index (χ1n) is 7.94. The van der Waals surface area contributed by atoms with E-state index in [2.05, 4.69) is 21.2 Å². The third-order valence-corrected chi connectivity index (χ3v) is 3.91. The van der Waals surface area contributed by atoms with E-state index in [1.165, 1.54) is 0 Å². The van der Waals surface area contributed by atoms with Gasteiger partial charge in [-0.25, -0.2) is 4.79 Å². The number of benzene rings is 2. The van der Waals surface area contributed by atoms with Gasteiger partial charge in [-0.3, -0.25) is 4.79 Å². The van der Waals surface area contributed by atoms with Crippen LogP contribution >= 0.6 is 15.9 Å². The van der Waals surface area contributed by atoms with Crippen LogP contribution in [0.1, 0.15) is 12.5 Å². The predicted octanol–water partition coefficient (Wildman–Crippen LogP) is 3.12. The molecule has 0 saturated carbocycles. The van der Waals surface area contributed by atoms with E-state index in [0.717, 1.165) is 16.5 Å². The number of hydrogen-bond donors (Lipinski definition) is 1. The summed E-state index contributed by atoms with van der Waals surface area (Å²) in [6.07, 6.45) is -0.0674. The van der Waals surface area contributed by atoms with Crippen LogP contribution in [-0.2, 0) is 20.7 Å². The number of ether oxygens (including phenoxy) is 2. The summed E-state index contributed by atoms with van der Waals surface area (Å²) in [5, 5.41) is 2.72. The van der Waals surface area contributed by atoms with E-state index in [4.69, 9.17) is 9.47 Å². The molecule has 5 nitrogen and oxygen atoms in total. The zero-order chi connectivity index (χ0) is 18.1. The maximum absolute atomic E-state index is 11.9. The van der Waals surface area contributed by atoms with Gasteiger partial charge in [0.05, 0.1) is 0 Å². The van der Waals surface area contributed by atoms with Crippen LogP contribution in [0.4, 0.5) is 0 Å². The standard InChI is InChI=1S/C19H20BrNO4/c1-14(25-17-9-7-16(20)8-10-17)19(23)24-13-18(22)21-12-11-15-5-3-2-4-6-15/h2-10,14H,11-13H2,1H3,(H,21,22)/t14-/m0/s1. The molecule has 0 aliphatic carbocycles. The van der Waals surface area contributed by atoms with Crippen molar-refractivity contribution >= 4 is 27.8 Å². The minimum atomic E-state index is -0.793. The Morgan fingerprint density at radius 2 is 1.76 bits per heavy atom. The van der Waals surface area contributed by atoms with Crippen LogP contribution in [-0.4, -0.2) is 31.1 Å². The van der Waals surface area contributed by atoms with Gasteiger partial charge in [0.25, 0.3) is 5.91 Å². The zero-order valence-electron chi connectivity index (χ0n) is 13.9. The third kappa shape index (κ3) is 6.97. The Balaban J connectivity index is 1.66. The zero-order valence-corrected chi connectivity index (χ0v) is 15.5. The number of amides is 1. The molecule has 6 heteroatoms. The molecule has 0 saturated heterocycles. The molecule has 1 N–H and O–H groups in total. The lowest BCUT2D eigenvalue weighted by Crippen LogP contribution is -2.33. The Morgan fingerprint density at radius 1 is 1.08 bits per heavy atom. The lowest BCUT2D eigenvalue weighted by Gasteiger charge is -2.14. The summed E-state index contributed by atoms with van der Waals surface area (Å²) in [5.41, 5.74) is 1.14. The summed E-state index contributed by atoms with van der Waals surface area (Å²) in [6, 6.07) is 16.9. The highest BCUT2D eigenvalue weighted by Gasteiger charge is 2.17. The predicted molar refractivity (Wildman–Crippen MR) is 98.3 cm³/mol. The number of esters is 1. The molecule has 0 spiro atoms. The number of nitrogens with one attached hydrogen (secondary N) is 1. The van der Waals surface area contributed by atoms with Crippen molar-refractivity contribution in [2.24, 2.45) is 0 Å². The summed E-state index contributed by atoms with van der Waals surface area (Å²) >= 11 is 3.33. The van der Waals surface area contributed by atoms with Gasteiger partial charge in [0, 0.05) is 11.0 Å². The molecule has 0 fully saturated rings. The van der Waals surface area contributed by atoms with Crippen molar-refractivity contribution in [3.05, 3.63) is 64.6 Å². The molecular formula is C19H20BrNO4. The third-order valence-electron chi connectivity index (χ3n) is 3.38. The maximum Gasteiger partial charge on any atom is 0.347 e. The SMILES string of the molecule is C[C@H](Oc1ccc(Br)cc1)C(=O)OCC(=O)NCCc1ccccc1. The van der Waals surface area contributed by atoms with Crippen molar-refractivity contribution in [2.45, 2.75) is 19.4 Å².